The summed E-state index contributed by atoms with van der Waals surface area (Å²) in [6.45, 7) is 0. The first kappa shape index (κ1) is 17.4. The van der Waals surface area contributed by atoms with Gasteiger partial charge in [-0.25, -0.2) is 4.98 Å². The fourth-order valence-corrected chi connectivity index (χ4v) is 3.71. The second-order valence-electron chi connectivity index (χ2n) is 6.59. The number of hydrogen-bond acceptors (Lipinski definition) is 5. The number of aromatic nitrogens is 3. The molecule has 0 bridgehead atoms. The van der Waals surface area contributed by atoms with Crippen molar-refractivity contribution in [2.75, 3.05) is 19.0 Å². The number of pyridine rings is 1. The van der Waals surface area contributed by atoms with Gasteiger partial charge in [0.2, 0.25) is 0 Å². The van der Waals surface area contributed by atoms with Gasteiger partial charge in [-0.05, 0) is 18.9 Å². The van der Waals surface area contributed by atoms with Gasteiger partial charge in [0, 0.05) is 26.2 Å². The molecule has 0 spiro atoms. The average Bonchev–Trinajstić information content (AvgIpc) is 2.61. The van der Waals surface area contributed by atoms with Crippen molar-refractivity contribution >= 4 is 17.9 Å². The molecule has 0 atom stereocenters. The quantitative estimate of drug-likeness (QED) is 0.854. The lowest BCUT2D eigenvalue weighted by atomic mass is 9.95. The number of nitrogens with one attached hydrogen (secondary N) is 1. The Hall–Kier alpha value is -2.46. The van der Waals surface area contributed by atoms with Crippen LogP contribution >= 0.6 is 12.2 Å². The number of aromatic amines is 1. The number of hydrogen-bond donors (Lipinski definition) is 1. The van der Waals surface area contributed by atoms with Crippen molar-refractivity contribution in [2.45, 2.75) is 38.1 Å². The molecular weight excluding hydrogens is 334 g/mol. The number of nitrogens with zero attached hydrogens (tertiary/aromatic N) is 4. The Labute approximate surface area is 151 Å². The van der Waals surface area contributed by atoms with Crippen molar-refractivity contribution in [1.82, 2.24) is 14.5 Å². The average molecular weight is 355 g/mol. The van der Waals surface area contributed by atoms with Gasteiger partial charge in [-0.3, -0.25) is 9.36 Å². The van der Waals surface area contributed by atoms with Gasteiger partial charge in [-0.15, -0.1) is 0 Å². The van der Waals surface area contributed by atoms with E-state index in [9.17, 15) is 4.79 Å². The molecule has 130 valence electrons. The maximum absolute atomic E-state index is 12.6. The van der Waals surface area contributed by atoms with Crippen molar-refractivity contribution in [1.29, 1.82) is 5.26 Å². The van der Waals surface area contributed by atoms with Crippen LogP contribution in [-0.4, -0.2) is 28.6 Å². The van der Waals surface area contributed by atoms with Crippen molar-refractivity contribution < 1.29 is 0 Å². The van der Waals surface area contributed by atoms with Crippen LogP contribution in [0.25, 0.3) is 11.3 Å². The van der Waals surface area contributed by atoms with E-state index >= 15 is 0 Å². The minimum atomic E-state index is -0.0552. The molecule has 7 heteroatoms. The lowest BCUT2D eigenvalue weighted by molar-refractivity contribution is 0.343. The third-order valence-electron chi connectivity index (χ3n) is 4.67. The molecule has 1 aliphatic carbocycles. The zero-order chi connectivity index (χ0) is 18.0. The molecule has 0 aromatic carbocycles. The van der Waals surface area contributed by atoms with E-state index in [4.69, 9.17) is 17.5 Å². The molecule has 1 N–H and O–H groups in total. The van der Waals surface area contributed by atoms with Crippen LogP contribution in [0.5, 0.6) is 0 Å². The van der Waals surface area contributed by atoms with Crippen LogP contribution < -0.4 is 10.5 Å². The number of rotatable bonds is 3. The van der Waals surface area contributed by atoms with Gasteiger partial charge in [0.25, 0.3) is 5.56 Å². The lowest BCUT2D eigenvalue weighted by Gasteiger charge is -2.24. The smallest absolute Gasteiger partial charge is 0.254 e. The van der Waals surface area contributed by atoms with Crippen LogP contribution in [0.1, 0.15) is 43.8 Å². The molecule has 6 nitrogen and oxygen atoms in total. The molecule has 0 saturated heterocycles. The second kappa shape index (κ2) is 7.19. The highest BCUT2D eigenvalue weighted by molar-refractivity contribution is 7.71. The van der Waals surface area contributed by atoms with E-state index < -0.39 is 0 Å². The van der Waals surface area contributed by atoms with E-state index in [1.165, 1.54) is 6.42 Å². The normalized spacial score (nSPS) is 14.9. The summed E-state index contributed by atoms with van der Waals surface area (Å²) in [5, 5.41) is 9.14. The highest BCUT2D eigenvalue weighted by Crippen LogP contribution is 2.30. The van der Waals surface area contributed by atoms with Crippen LogP contribution in [0.15, 0.2) is 23.3 Å². The molecule has 0 aliphatic heterocycles. The summed E-state index contributed by atoms with van der Waals surface area (Å²) in [6, 6.07) is 5.58. The Morgan fingerprint density at radius 3 is 2.64 bits per heavy atom. The van der Waals surface area contributed by atoms with Crippen molar-refractivity contribution in [3.8, 4) is 17.3 Å². The van der Waals surface area contributed by atoms with Gasteiger partial charge < -0.3 is 9.88 Å². The molecule has 0 unspecified atom stereocenters. The summed E-state index contributed by atoms with van der Waals surface area (Å²) in [5.41, 5.74) is 2.30. The predicted octanol–water partition coefficient (Wildman–Crippen LogP) is 3.41. The van der Waals surface area contributed by atoms with Gasteiger partial charge in [-0.1, -0.05) is 31.5 Å². The Morgan fingerprint density at radius 2 is 2.04 bits per heavy atom. The first-order valence-corrected chi connectivity index (χ1v) is 8.85. The van der Waals surface area contributed by atoms with Crippen LogP contribution in [0.2, 0.25) is 0 Å². The molecule has 3 rings (SSSR count). The maximum atomic E-state index is 12.6. The Bertz CT molecular complexity index is 932. The topological polar surface area (TPSA) is 77.7 Å². The molecule has 1 aliphatic rings. The van der Waals surface area contributed by atoms with Gasteiger partial charge >= 0.3 is 0 Å². The van der Waals surface area contributed by atoms with Crippen molar-refractivity contribution in [2.24, 2.45) is 0 Å². The van der Waals surface area contributed by atoms with Crippen LogP contribution in [0.3, 0.4) is 0 Å². The highest BCUT2D eigenvalue weighted by atomic mass is 32.1. The minimum absolute atomic E-state index is 0.0552. The van der Waals surface area contributed by atoms with Gasteiger partial charge in [0.1, 0.15) is 16.4 Å². The van der Waals surface area contributed by atoms with Crippen LogP contribution in [-0.2, 0) is 0 Å². The summed E-state index contributed by atoms with van der Waals surface area (Å²) in [7, 11) is 3.75. The van der Waals surface area contributed by atoms with E-state index in [1.807, 2.05) is 19.0 Å². The summed E-state index contributed by atoms with van der Waals surface area (Å²) >= 11 is 5.41. The second-order valence-corrected chi connectivity index (χ2v) is 7.00. The third-order valence-corrected chi connectivity index (χ3v) is 4.98. The summed E-state index contributed by atoms with van der Waals surface area (Å²) in [5.74, 6) is 0. The minimum Gasteiger partial charge on any atom is -0.377 e. The number of anilines is 1. The monoisotopic (exact) mass is 355 g/mol. The fourth-order valence-electron chi connectivity index (χ4n) is 3.39. The molecule has 2 aromatic rings. The lowest BCUT2D eigenvalue weighted by Crippen LogP contribution is -2.26. The van der Waals surface area contributed by atoms with Gasteiger partial charge in [0.15, 0.2) is 0 Å². The van der Waals surface area contributed by atoms with E-state index in [0.29, 0.717) is 21.6 Å². The third kappa shape index (κ3) is 3.49. The Kier molecular flexibility index (Phi) is 5.00. The van der Waals surface area contributed by atoms with E-state index in [0.717, 1.165) is 31.4 Å². The van der Waals surface area contributed by atoms with Crippen molar-refractivity contribution in [3.05, 3.63) is 39.1 Å². The largest absolute Gasteiger partial charge is 0.377 e. The van der Waals surface area contributed by atoms with Crippen LogP contribution in [0, 0.1) is 16.0 Å². The molecule has 2 aromatic heterocycles. The highest BCUT2D eigenvalue weighted by Gasteiger charge is 2.18. The zero-order valence-electron chi connectivity index (χ0n) is 14.5. The van der Waals surface area contributed by atoms with E-state index in [-0.39, 0.29) is 11.6 Å². The first-order valence-electron chi connectivity index (χ1n) is 8.44. The summed E-state index contributed by atoms with van der Waals surface area (Å²) in [4.78, 5) is 21.9. The number of H-pyrrole nitrogens is 1. The Morgan fingerprint density at radius 1 is 1.32 bits per heavy atom. The van der Waals surface area contributed by atoms with Gasteiger partial charge in [-0.2, -0.15) is 5.26 Å². The first-order chi connectivity index (χ1) is 12.0. The van der Waals surface area contributed by atoms with Crippen LogP contribution in [0.4, 0.5) is 5.69 Å². The fraction of sp³-hybridized carbons (Fsp3) is 0.444. The predicted molar refractivity (Wildman–Crippen MR) is 100 cm³/mol. The molecule has 1 saturated carbocycles. The molecule has 2 heterocycles. The summed E-state index contributed by atoms with van der Waals surface area (Å²) < 4.78 is 2.15. The standard InChI is InChI=1S/C18H21N5OS/c1-22(2)15-8-12(10-19)21-18(25)17(15)14-9-16(24)23(11-20-14)13-6-4-3-5-7-13/h8-9,11,13H,3-7H2,1-2H3,(H,21,25). The molecule has 25 heavy (non-hydrogen) atoms. The number of nitriles is 1. The van der Waals surface area contributed by atoms with Crippen molar-refractivity contribution in [3.63, 3.8) is 0 Å². The molecular formula is C18H21N5OS. The summed E-state index contributed by atoms with van der Waals surface area (Å²) in [6.07, 6.45) is 7.25. The van der Waals surface area contributed by atoms with Gasteiger partial charge in [0.05, 0.1) is 23.3 Å². The van der Waals surface area contributed by atoms with E-state index in [1.54, 1.807) is 23.0 Å². The molecule has 0 radical (unpaired) electrons. The SMILES string of the molecule is CN(C)c1cc(C#N)[nH]c(=S)c1-c1cc(=O)n(C2CCCCC2)cn1. The molecule has 1 fully saturated rings. The Balaban J connectivity index is 2.09. The molecule has 0 amide bonds. The van der Waals surface area contributed by atoms with E-state index in [2.05, 4.69) is 16.0 Å². The maximum Gasteiger partial charge on any atom is 0.254 e. The zero-order valence-corrected chi connectivity index (χ0v) is 15.3.